The topological polar surface area (TPSA) is 67.9 Å². The molecule has 2 aromatic rings. The van der Waals surface area contributed by atoms with E-state index >= 15 is 0 Å². The maximum Gasteiger partial charge on any atom is 0.270 e. The van der Waals surface area contributed by atoms with Gasteiger partial charge in [-0.3, -0.25) is 19.8 Å². The number of thiocarbonyl (C=S) groups is 1. The van der Waals surface area contributed by atoms with E-state index in [0.717, 1.165) is 4.47 Å². The molecular weight excluding hydrogens is 536 g/mol. The minimum absolute atomic E-state index is 0.0245. The van der Waals surface area contributed by atoms with Crippen molar-refractivity contribution in [3.63, 3.8) is 0 Å². The van der Waals surface area contributed by atoms with Gasteiger partial charge in [0.2, 0.25) is 0 Å². The molecular formula is C21H16Br2N2O4S. The second kappa shape index (κ2) is 9.55. The molecule has 0 aromatic heterocycles. The lowest BCUT2D eigenvalue weighted by Gasteiger charge is -2.29. The zero-order chi connectivity index (χ0) is 21.8. The fourth-order valence-electron chi connectivity index (χ4n) is 2.75. The molecule has 0 spiro atoms. The Balaban J connectivity index is 2.01. The van der Waals surface area contributed by atoms with E-state index in [2.05, 4.69) is 43.8 Å². The molecule has 9 heteroatoms. The van der Waals surface area contributed by atoms with Crippen LogP contribution in [0.4, 0.5) is 5.69 Å². The molecule has 3 rings (SSSR count). The van der Waals surface area contributed by atoms with Crippen molar-refractivity contribution in [3.05, 3.63) is 69.1 Å². The van der Waals surface area contributed by atoms with Crippen LogP contribution in [0.15, 0.2) is 63.6 Å². The molecule has 0 aliphatic carbocycles. The van der Waals surface area contributed by atoms with Crippen LogP contribution in [0.1, 0.15) is 5.56 Å². The molecule has 0 saturated carbocycles. The molecule has 0 radical (unpaired) electrons. The number of hydrogen-bond donors (Lipinski definition) is 1. The van der Waals surface area contributed by atoms with Crippen molar-refractivity contribution in [2.75, 3.05) is 18.6 Å². The normalized spacial score (nSPS) is 15.2. The van der Waals surface area contributed by atoms with Crippen LogP contribution in [0.3, 0.4) is 0 Å². The Morgan fingerprint density at radius 1 is 1.20 bits per heavy atom. The molecule has 1 saturated heterocycles. The van der Waals surface area contributed by atoms with Crippen LogP contribution in [0.2, 0.25) is 0 Å². The summed E-state index contributed by atoms with van der Waals surface area (Å²) in [7, 11) is 1.51. The van der Waals surface area contributed by atoms with Crippen molar-refractivity contribution >= 4 is 72.8 Å². The Hall–Kier alpha value is -2.49. The highest BCUT2D eigenvalue weighted by Gasteiger charge is 2.34. The molecule has 0 unspecified atom stereocenters. The number of carbonyl (C=O) groups is 2. The van der Waals surface area contributed by atoms with Crippen LogP contribution >= 0.6 is 44.1 Å². The van der Waals surface area contributed by atoms with Gasteiger partial charge in [-0.05, 0) is 76.2 Å². The molecule has 6 nitrogen and oxygen atoms in total. The van der Waals surface area contributed by atoms with Gasteiger partial charge in [0.1, 0.15) is 12.2 Å². The number of anilines is 1. The number of nitrogens with zero attached hydrogens (tertiary/aromatic N) is 1. The van der Waals surface area contributed by atoms with E-state index in [9.17, 15) is 9.59 Å². The maximum atomic E-state index is 13.1. The van der Waals surface area contributed by atoms with Gasteiger partial charge in [0.15, 0.2) is 16.6 Å². The predicted molar refractivity (Wildman–Crippen MR) is 127 cm³/mol. The highest BCUT2D eigenvalue weighted by Crippen LogP contribution is 2.37. The number of methoxy groups -OCH3 is 1. The first-order chi connectivity index (χ1) is 14.3. The Bertz CT molecular complexity index is 1070. The van der Waals surface area contributed by atoms with Crippen molar-refractivity contribution in [3.8, 4) is 11.5 Å². The molecule has 1 aliphatic rings. The van der Waals surface area contributed by atoms with Crippen LogP contribution in [-0.2, 0) is 9.59 Å². The molecule has 1 aliphatic heterocycles. The average Bonchev–Trinajstić information content (AvgIpc) is 2.71. The fraction of sp³-hybridized carbons (Fsp3) is 0.0952. The van der Waals surface area contributed by atoms with E-state index in [1.54, 1.807) is 42.5 Å². The summed E-state index contributed by atoms with van der Waals surface area (Å²) in [6.45, 7) is 3.93. The molecule has 30 heavy (non-hydrogen) atoms. The molecule has 1 N–H and O–H groups in total. The first-order valence-electron chi connectivity index (χ1n) is 8.64. The van der Waals surface area contributed by atoms with Crippen molar-refractivity contribution in [1.82, 2.24) is 5.32 Å². The van der Waals surface area contributed by atoms with Gasteiger partial charge in [-0.2, -0.15) is 0 Å². The highest BCUT2D eigenvalue weighted by atomic mass is 79.9. The van der Waals surface area contributed by atoms with E-state index in [4.69, 9.17) is 21.7 Å². The predicted octanol–water partition coefficient (Wildman–Crippen LogP) is 4.62. The third kappa shape index (κ3) is 4.63. The zero-order valence-corrected chi connectivity index (χ0v) is 19.8. The Labute approximate surface area is 195 Å². The zero-order valence-electron chi connectivity index (χ0n) is 15.8. The lowest BCUT2D eigenvalue weighted by atomic mass is 10.1. The third-order valence-corrected chi connectivity index (χ3v) is 5.50. The molecule has 0 atom stereocenters. The summed E-state index contributed by atoms with van der Waals surface area (Å²) < 4.78 is 12.5. The number of nitrogens with one attached hydrogen (secondary N) is 1. The Kier molecular flexibility index (Phi) is 7.06. The van der Waals surface area contributed by atoms with Gasteiger partial charge in [0, 0.05) is 4.47 Å². The molecule has 2 aromatic carbocycles. The lowest BCUT2D eigenvalue weighted by molar-refractivity contribution is -0.122. The van der Waals surface area contributed by atoms with Crippen LogP contribution in [-0.4, -0.2) is 30.6 Å². The summed E-state index contributed by atoms with van der Waals surface area (Å²) in [5.74, 6) is -0.146. The largest absolute Gasteiger partial charge is 0.493 e. The first-order valence-corrected chi connectivity index (χ1v) is 10.6. The van der Waals surface area contributed by atoms with Gasteiger partial charge in [-0.25, -0.2) is 0 Å². The maximum absolute atomic E-state index is 13.1. The third-order valence-electron chi connectivity index (χ3n) is 4.09. The molecule has 2 amide bonds. The first kappa shape index (κ1) is 22.2. The van der Waals surface area contributed by atoms with Gasteiger partial charge in [0.25, 0.3) is 11.8 Å². The van der Waals surface area contributed by atoms with Crippen LogP contribution < -0.4 is 19.7 Å². The quantitative estimate of drug-likeness (QED) is 0.246. The van der Waals surface area contributed by atoms with E-state index in [1.807, 2.05) is 0 Å². The molecule has 1 heterocycles. The SMILES string of the molecule is C=CCOc1c(Br)cc(/C=C2\C(=O)NC(=S)N(c3ccc(Br)cc3)C2=O)cc1OC. The van der Waals surface area contributed by atoms with Crippen molar-refractivity contribution in [1.29, 1.82) is 0 Å². The van der Waals surface area contributed by atoms with E-state index in [0.29, 0.717) is 33.8 Å². The van der Waals surface area contributed by atoms with Crippen molar-refractivity contribution in [2.24, 2.45) is 0 Å². The molecule has 1 fully saturated rings. The van der Waals surface area contributed by atoms with Crippen molar-refractivity contribution < 1.29 is 19.1 Å². The highest BCUT2D eigenvalue weighted by molar-refractivity contribution is 9.10. The van der Waals surface area contributed by atoms with Gasteiger partial charge in [-0.1, -0.05) is 28.6 Å². The van der Waals surface area contributed by atoms with E-state index < -0.39 is 11.8 Å². The van der Waals surface area contributed by atoms with Gasteiger partial charge < -0.3 is 9.47 Å². The molecule has 0 bridgehead atoms. The monoisotopic (exact) mass is 550 g/mol. The minimum atomic E-state index is -0.569. The number of ether oxygens (including phenoxy) is 2. The van der Waals surface area contributed by atoms with Crippen LogP contribution in [0.25, 0.3) is 6.08 Å². The van der Waals surface area contributed by atoms with Gasteiger partial charge in [-0.15, -0.1) is 0 Å². The standard InChI is InChI=1S/C21H16Br2N2O4S/c1-3-8-29-18-16(23)10-12(11-17(18)28-2)9-15-19(26)24-21(30)25(20(15)27)14-6-4-13(22)5-7-14/h3-7,9-11H,1,8H2,2H3,(H,24,26,30)/b15-9+. The van der Waals surface area contributed by atoms with Gasteiger partial charge in [0.05, 0.1) is 17.3 Å². The Morgan fingerprint density at radius 3 is 2.53 bits per heavy atom. The second-order valence-electron chi connectivity index (χ2n) is 6.07. The fourth-order valence-corrected chi connectivity index (χ4v) is 3.87. The smallest absolute Gasteiger partial charge is 0.270 e. The van der Waals surface area contributed by atoms with Crippen LogP contribution in [0.5, 0.6) is 11.5 Å². The number of carbonyl (C=O) groups excluding carboxylic acids is 2. The summed E-state index contributed by atoms with van der Waals surface area (Å²) >= 11 is 12.0. The van der Waals surface area contributed by atoms with Gasteiger partial charge >= 0.3 is 0 Å². The number of amides is 2. The summed E-state index contributed by atoms with van der Waals surface area (Å²) in [5.41, 5.74) is 1.07. The number of benzene rings is 2. The minimum Gasteiger partial charge on any atom is -0.493 e. The summed E-state index contributed by atoms with van der Waals surface area (Å²) in [4.78, 5) is 26.9. The van der Waals surface area contributed by atoms with E-state index in [-0.39, 0.29) is 10.7 Å². The molecule has 154 valence electrons. The number of rotatable bonds is 6. The van der Waals surface area contributed by atoms with E-state index in [1.165, 1.54) is 18.1 Å². The summed E-state index contributed by atoms with van der Waals surface area (Å²) in [6, 6.07) is 10.4. The summed E-state index contributed by atoms with van der Waals surface area (Å²) in [6.07, 6.45) is 3.10. The second-order valence-corrected chi connectivity index (χ2v) is 8.22. The Morgan fingerprint density at radius 2 is 1.90 bits per heavy atom. The number of halogens is 2. The summed E-state index contributed by atoms with van der Waals surface area (Å²) in [5, 5.41) is 2.59. The lowest BCUT2D eigenvalue weighted by Crippen LogP contribution is -2.54. The van der Waals surface area contributed by atoms with Crippen LogP contribution in [0, 0.1) is 0 Å². The van der Waals surface area contributed by atoms with Crippen molar-refractivity contribution in [2.45, 2.75) is 0 Å². The number of hydrogen-bond acceptors (Lipinski definition) is 5. The average molecular weight is 552 g/mol.